The molecule has 2 N–H and O–H groups in total. The molecule has 8 nitrogen and oxygen atoms in total. The maximum Gasteiger partial charge on any atom is 0.262 e. The molecule has 8 heteroatoms. The molecule has 1 aliphatic carbocycles. The monoisotopic (exact) mass is 419 g/mol. The zero-order chi connectivity index (χ0) is 21.9. The summed E-state index contributed by atoms with van der Waals surface area (Å²) in [5, 5.41) is 11.2. The Hall–Kier alpha value is -3.42. The molecule has 2 aliphatic rings. The van der Waals surface area contributed by atoms with E-state index in [-0.39, 0.29) is 24.0 Å². The van der Waals surface area contributed by atoms with Crippen LogP contribution in [0.2, 0.25) is 0 Å². The van der Waals surface area contributed by atoms with Gasteiger partial charge in [-0.05, 0) is 64.8 Å². The van der Waals surface area contributed by atoms with Crippen LogP contribution in [0.4, 0.5) is 11.4 Å². The summed E-state index contributed by atoms with van der Waals surface area (Å²) in [6.45, 7) is 8.13. The summed E-state index contributed by atoms with van der Waals surface area (Å²) in [6.07, 6.45) is 2.18. The number of rotatable bonds is 3. The van der Waals surface area contributed by atoms with E-state index in [0.29, 0.717) is 28.6 Å². The highest BCUT2D eigenvalue weighted by molar-refractivity contribution is 6.13. The largest absolute Gasteiger partial charge is 0.482 e. The van der Waals surface area contributed by atoms with Crippen LogP contribution in [-0.2, 0) is 10.3 Å². The van der Waals surface area contributed by atoms with Gasteiger partial charge in [0.15, 0.2) is 12.3 Å². The number of carbonyl (C=O) groups is 2. The maximum atomic E-state index is 13.4. The van der Waals surface area contributed by atoms with E-state index in [1.807, 2.05) is 17.7 Å². The minimum absolute atomic E-state index is 0.00527. The number of pyridine rings is 1. The van der Waals surface area contributed by atoms with Crippen molar-refractivity contribution in [3.8, 4) is 5.75 Å². The zero-order valence-electron chi connectivity index (χ0n) is 18.1. The molecule has 2 amide bonds. The molecule has 1 aromatic carbocycles. The van der Waals surface area contributed by atoms with Crippen molar-refractivity contribution in [3.05, 3.63) is 41.2 Å². The van der Waals surface area contributed by atoms with Gasteiger partial charge >= 0.3 is 0 Å². The van der Waals surface area contributed by atoms with Crippen LogP contribution in [0, 0.1) is 6.92 Å². The van der Waals surface area contributed by atoms with Crippen LogP contribution in [-0.4, -0.2) is 33.2 Å². The molecule has 3 aromatic rings. The number of benzene rings is 1. The molecule has 0 bridgehead atoms. The third-order valence-corrected chi connectivity index (χ3v) is 5.58. The summed E-state index contributed by atoms with van der Waals surface area (Å²) in [5.41, 5.74) is 3.89. The van der Waals surface area contributed by atoms with Gasteiger partial charge in [0.05, 0.1) is 27.9 Å². The van der Waals surface area contributed by atoms with Crippen molar-refractivity contribution in [2.24, 2.45) is 0 Å². The van der Waals surface area contributed by atoms with E-state index in [9.17, 15) is 9.59 Å². The van der Waals surface area contributed by atoms with Gasteiger partial charge in [-0.25, -0.2) is 9.67 Å². The lowest BCUT2D eigenvalue weighted by Gasteiger charge is -2.20. The number of anilines is 2. The highest BCUT2D eigenvalue weighted by Gasteiger charge is 2.30. The highest BCUT2D eigenvalue weighted by Crippen LogP contribution is 2.41. The van der Waals surface area contributed by atoms with Gasteiger partial charge in [0.2, 0.25) is 0 Å². The minimum atomic E-state index is -0.258. The maximum absolute atomic E-state index is 13.4. The van der Waals surface area contributed by atoms with E-state index >= 15 is 0 Å². The van der Waals surface area contributed by atoms with Crippen LogP contribution in [0.1, 0.15) is 61.3 Å². The second-order valence-corrected chi connectivity index (χ2v) is 9.24. The van der Waals surface area contributed by atoms with E-state index in [1.165, 1.54) is 0 Å². The summed E-state index contributed by atoms with van der Waals surface area (Å²) >= 11 is 0. The summed E-state index contributed by atoms with van der Waals surface area (Å²) in [7, 11) is 0. The third kappa shape index (κ3) is 3.52. The fraction of sp³-hybridized carbons (Fsp3) is 0.391. The third-order valence-electron chi connectivity index (χ3n) is 5.58. The van der Waals surface area contributed by atoms with E-state index in [0.717, 1.165) is 35.3 Å². The van der Waals surface area contributed by atoms with Crippen LogP contribution in [0.5, 0.6) is 5.75 Å². The molecule has 5 rings (SSSR count). The van der Waals surface area contributed by atoms with Gasteiger partial charge in [-0.15, -0.1) is 0 Å². The van der Waals surface area contributed by atoms with Gasteiger partial charge in [0.25, 0.3) is 11.8 Å². The summed E-state index contributed by atoms with van der Waals surface area (Å²) in [6, 6.07) is 7.11. The van der Waals surface area contributed by atoms with Crippen molar-refractivity contribution in [1.82, 2.24) is 14.8 Å². The average molecular weight is 419 g/mol. The lowest BCUT2D eigenvalue weighted by Crippen LogP contribution is -2.25. The molecule has 1 aliphatic heterocycles. The van der Waals surface area contributed by atoms with Crippen molar-refractivity contribution in [3.63, 3.8) is 0 Å². The Bertz CT molecular complexity index is 1230. The molecular weight excluding hydrogens is 394 g/mol. The van der Waals surface area contributed by atoms with Crippen LogP contribution < -0.4 is 15.4 Å². The van der Waals surface area contributed by atoms with Crippen LogP contribution in [0.3, 0.4) is 0 Å². The Morgan fingerprint density at radius 1 is 1.26 bits per heavy atom. The fourth-order valence-electron chi connectivity index (χ4n) is 3.90. The fourth-order valence-corrected chi connectivity index (χ4v) is 3.90. The molecular formula is C23H25N5O3. The second-order valence-electron chi connectivity index (χ2n) is 9.24. The van der Waals surface area contributed by atoms with Crippen molar-refractivity contribution in [1.29, 1.82) is 0 Å². The molecule has 1 saturated carbocycles. The zero-order valence-corrected chi connectivity index (χ0v) is 18.1. The van der Waals surface area contributed by atoms with E-state index in [2.05, 4.69) is 31.4 Å². The molecule has 0 spiro atoms. The molecule has 31 heavy (non-hydrogen) atoms. The Kier molecular flexibility index (Phi) is 4.28. The van der Waals surface area contributed by atoms with Crippen molar-refractivity contribution >= 4 is 34.2 Å². The Morgan fingerprint density at radius 3 is 2.74 bits per heavy atom. The van der Waals surface area contributed by atoms with Crippen LogP contribution >= 0.6 is 0 Å². The van der Waals surface area contributed by atoms with Gasteiger partial charge in [-0.3, -0.25) is 9.59 Å². The molecule has 2 aromatic heterocycles. The molecule has 0 unspecified atom stereocenters. The predicted molar refractivity (Wildman–Crippen MR) is 118 cm³/mol. The quantitative estimate of drug-likeness (QED) is 0.670. The van der Waals surface area contributed by atoms with E-state index < -0.39 is 0 Å². The molecule has 1 fully saturated rings. The van der Waals surface area contributed by atoms with Gasteiger partial charge in [-0.1, -0.05) is 0 Å². The number of nitrogens with one attached hydrogen (secondary N) is 2. The molecule has 3 heterocycles. The molecule has 0 radical (unpaired) electrons. The lowest BCUT2D eigenvalue weighted by atomic mass is 10.1. The topological polar surface area (TPSA) is 98.1 Å². The summed E-state index contributed by atoms with van der Waals surface area (Å²) < 4.78 is 7.30. The SMILES string of the molecule is Cc1nn(C(C)(C)C)c2nc(C3CC3)cc(C(=O)Nc3ccc4c(c3)NC(=O)CO4)c12. The number of carbonyl (C=O) groups excluding carboxylic acids is 2. The van der Waals surface area contributed by atoms with Gasteiger partial charge < -0.3 is 15.4 Å². The first-order chi connectivity index (χ1) is 14.7. The standard InChI is InChI=1S/C23H25N5O3/c1-12-20-15(10-16(13-5-6-13)26-21(20)28(27-12)23(2,3)4)22(30)24-14-7-8-18-17(9-14)25-19(29)11-31-18/h7-10,13H,5-6,11H2,1-4H3,(H,24,30)(H,25,29). The Labute approximate surface area is 180 Å². The minimum Gasteiger partial charge on any atom is -0.482 e. The summed E-state index contributed by atoms with van der Waals surface area (Å²) in [5.74, 6) is 0.540. The van der Waals surface area contributed by atoms with Crippen molar-refractivity contribution in [2.75, 3.05) is 17.2 Å². The van der Waals surface area contributed by atoms with Crippen LogP contribution in [0.25, 0.3) is 11.0 Å². The van der Waals surface area contributed by atoms with Crippen LogP contribution in [0.15, 0.2) is 24.3 Å². The normalized spacial score (nSPS) is 15.9. The smallest absolute Gasteiger partial charge is 0.262 e. The molecule has 160 valence electrons. The van der Waals surface area contributed by atoms with E-state index in [4.69, 9.17) is 14.8 Å². The highest BCUT2D eigenvalue weighted by atomic mass is 16.5. The number of aryl methyl sites for hydroxylation is 1. The van der Waals surface area contributed by atoms with Crippen molar-refractivity contribution < 1.29 is 14.3 Å². The van der Waals surface area contributed by atoms with E-state index in [1.54, 1.807) is 18.2 Å². The molecule has 0 atom stereocenters. The first-order valence-corrected chi connectivity index (χ1v) is 10.5. The number of ether oxygens (including phenoxy) is 1. The predicted octanol–water partition coefficient (Wildman–Crippen LogP) is 3.96. The Balaban J connectivity index is 1.56. The number of amides is 2. The number of fused-ring (bicyclic) bond motifs is 2. The van der Waals surface area contributed by atoms with Gasteiger partial charge in [-0.2, -0.15) is 5.10 Å². The number of aromatic nitrogens is 3. The lowest BCUT2D eigenvalue weighted by molar-refractivity contribution is -0.118. The number of nitrogens with zero attached hydrogens (tertiary/aromatic N) is 3. The number of hydrogen-bond acceptors (Lipinski definition) is 5. The number of hydrogen-bond donors (Lipinski definition) is 2. The second kappa shape index (κ2) is 6.80. The molecule has 0 saturated heterocycles. The van der Waals surface area contributed by atoms with Crippen molar-refractivity contribution in [2.45, 2.75) is 52.0 Å². The Morgan fingerprint density at radius 2 is 2.03 bits per heavy atom. The average Bonchev–Trinajstić information content (AvgIpc) is 3.50. The first kappa shape index (κ1) is 19.5. The first-order valence-electron chi connectivity index (χ1n) is 10.5. The van der Waals surface area contributed by atoms with Gasteiger partial charge in [0.1, 0.15) is 5.75 Å². The summed E-state index contributed by atoms with van der Waals surface area (Å²) in [4.78, 5) is 29.9. The van der Waals surface area contributed by atoms with Gasteiger partial charge in [0, 0.05) is 17.3 Å².